The van der Waals surface area contributed by atoms with E-state index in [9.17, 15) is 9.90 Å². The van der Waals surface area contributed by atoms with Gasteiger partial charge >= 0.3 is 0 Å². The molecule has 1 saturated heterocycles. The van der Waals surface area contributed by atoms with Gasteiger partial charge in [0, 0.05) is 39.3 Å². The van der Waals surface area contributed by atoms with Crippen molar-refractivity contribution >= 4 is 5.91 Å². The molecule has 0 unspecified atom stereocenters. The van der Waals surface area contributed by atoms with E-state index in [1.54, 1.807) is 0 Å². The lowest BCUT2D eigenvalue weighted by Crippen LogP contribution is -2.48. The van der Waals surface area contributed by atoms with Gasteiger partial charge in [0.1, 0.15) is 6.26 Å². The molecule has 1 aliphatic rings. The Morgan fingerprint density at radius 2 is 2.11 bits per heavy atom. The fourth-order valence-electron chi connectivity index (χ4n) is 3.01. The van der Waals surface area contributed by atoms with Crippen LogP contribution in [0.5, 0.6) is 0 Å². The van der Waals surface area contributed by atoms with Crippen molar-refractivity contribution in [1.29, 1.82) is 0 Å². The van der Waals surface area contributed by atoms with Crippen LogP contribution in [0.15, 0.2) is 23.3 Å². The second-order valence-corrected chi connectivity index (χ2v) is 7.45. The third kappa shape index (κ3) is 7.44. The van der Waals surface area contributed by atoms with E-state index in [1.165, 1.54) is 6.26 Å². The first kappa shape index (κ1) is 21.6. The highest BCUT2D eigenvalue weighted by Gasteiger charge is 2.21. The van der Waals surface area contributed by atoms with Crippen LogP contribution in [0.3, 0.4) is 0 Å². The number of hydrogen-bond acceptors (Lipinski definition) is 6. The standard InChI is InChI=1S/C20H34N4O3/c1-4-6-7-17(25)13-23-8-10-24(11-9-23)14-19-22-18(15-27-19)20(26)21-12-16(3)5-2/h4,15-17,25H,1,5-14H2,2-3H3,(H,21,26)/t16-,17+/m0/s1. The summed E-state index contributed by atoms with van der Waals surface area (Å²) in [6, 6.07) is 0. The Morgan fingerprint density at radius 1 is 1.41 bits per heavy atom. The molecule has 0 aromatic carbocycles. The zero-order valence-corrected chi connectivity index (χ0v) is 16.7. The molecule has 0 bridgehead atoms. The van der Waals surface area contributed by atoms with Crippen molar-refractivity contribution < 1.29 is 14.3 Å². The third-order valence-corrected chi connectivity index (χ3v) is 5.09. The summed E-state index contributed by atoms with van der Waals surface area (Å²) in [5.74, 6) is 0.846. The number of aliphatic hydroxyl groups is 1. The number of aromatic nitrogens is 1. The maximum atomic E-state index is 12.1. The summed E-state index contributed by atoms with van der Waals surface area (Å²) in [5.41, 5.74) is 0.345. The van der Waals surface area contributed by atoms with Crippen LogP contribution in [0.4, 0.5) is 0 Å². The maximum absolute atomic E-state index is 12.1. The van der Waals surface area contributed by atoms with Gasteiger partial charge in [-0.15, -0.1) is 6.58 Å². The summed E-state index contributed by atoms with van der Waals surface area (Å²) in [6.45, 7) is 13.5. The molecule has 2 heterocycles. The van der Waals surface area contributed by atoms with Gasteiger partial charge in [-0.05, 0) is 18.8 Å². The van der Waals surface area contributed by atoms with Gasteiger partial charge in [0.25, 0.3) is 5.91 Å². The fraction of sp³-hybridized carbons (Fsp3) is 0.700. The van der Waals surface area contributed by atoms with Crippen LogP contribution in [-0.2, 0) is 6.54 Å². The van der Waals surface area contributed by atoms with Crippen LogP contribution in [-0.4, -0.2) is 71.2 Å². The van der Waals surface area contributed by atoms with Crippen LogP contribution >= 0.6 is 0 Å². The van der Waals surface area contributed by atoms with Gasteiger partial charge < -0.3 is 14.8 Å². The monoisotopic (exact) mass is 378 g/mol. The Hall–Kier alpha value is -1.70. The number of β-amino-alcohol motifs (C(OH)–C–C–N with tert-alkyl or cyclic N) is 1. The molecule has 0 aliphatic carbocycles. The molecule has 27 heavy (non-hydrogen) atoms. The minimum atomic E-state index is -0.294. The van der Waals surface area contributed by atoms with Crippen molar-refractivity contribution in [3.63, 3.8) is 0 Å². The largest absolute Gasteiger partial charge is 0.447 e. The molecule has 0 radical (unpaired) electrons. The summed E-state index contributed by atoms with van der Waals surface area (Å²) in [5, 5.41) is 12.9. The second kappa shape index (κ2) is 11.2. The fourth-order valence-corrected chi connectivity index (χ4v) is 3.01. The van der Waals surface area contributed by atoms with Crippen molar-refractivity contribution in [2.75, 3.05) is 39.3 Å². The zero-order valence-electron chi connectivity index (χ0n) is 16.7. The van der Waals surface area contributed by atoms with Gasteiger partial charge in [0.15, 0.2) is 5.69 Å². The highest BCUT2D eigenvalue weighted by molar-refractivity contribution is 5.91. The molecule has 7 nitrogen and oxygen atoms in total. The number of piperazine rings is 1. The Morgan fingerprint density at radius 3 is 2.78 bits per heavy atom. The molecule has 152 valence electrons. The predicted molar refractivity (Wildman–Crippen MR) is 105 cm³/mol. The Bertz CT molecular complexity index is 582. The van der Waals surface area contributed by atoms with Crippen LogP contribution in [0.25, 0.3) is 0 Å². The number of oxazole rings is 1. The number of nitrogens with one attached hydrogen (secondary N) is 1. The first-order valence-electron chi connectivity index (χ1n) is 9.98. The quantitative estimate of drug-likeness (QED) is 0.573. The Balaban J connectivity index is 1.72. The van der Waals surface area contributed by atoms with E-state index in [0.29, 0.717) is 37.1 Å². The SMILES string of the molecule is C=CCC[C@@H](O)CN1CCN(Cc2nc(C(=O)NC[C@@H](C)CC)co2)CC1. The van der Waals surface area contributed by atoms with E-state index in [4.69, 9.17) is 4.42 Å². The molecule has 1 amide bonds. The molecule has 0 spiro atoms. The zero-order chi connectivity index (χ0) is 19.6. The Kier molecular flexibility index (Phi) is 8.97. The lowest BCUT2D eigenvalue weighted by Gasteiger charge is -2.34. The molecule has 0 saturated carbocycles. The molecule has 2 rings (SSSR count). The minimum Gasteiger partial charge on any atom is -0.447 e. The van der Waals surface area contributed by atoms with Crippen molar-refractivity contribution in [1.82, 2.24) is 20.1 Å². The molecule has 2 atom stereocenters. The van der Waals surface area contributed by atoms with Crippen molar-refractivity contribution in [2.45, 2.75) is 45.8 Å². The number of nitrogens with zero attached hydrogens (tertiary/aromatic N) is 3. The average Bonchev–Trinajstić information content (AvgIpc) is 3.14. The van der Waals surface area contributed by atoms with Crippen molar-refractivity contribution in [2.24, 2.45) is 5.92 Å². The Labute approximate surface area is 162 Å². The summed E-state index contributed by atoms with van der Waals surface area (Å²) in [6.07, 6.45) is 5.63. The summed E-state index contributed by atoms with van der Waals surface area (Å²) in [4.78, 5) is 21.0. The molecule has 1 fully saturated rings. The van der Waals surface area contributed by atoms with E-state index in [0.717, 1.165) is 45.4 Å². The van der Waals surface area contributed by atoms with Gasteiger partial charge in [-0.3, -0.25) is 14.6 Å². The third-order valence-electron chi connectivity index (χ3n) is 5.09. The normalized spacial score (nSPS) is 18.2. The number of carbonyl (C=O) groups excluding carboxylic acids is 1. The number of amides is 1. The van der Waals surface area contributed by atoms with Crippen LogP contribution in [0, 0.1) is 5.92 Å². The lowest BCUT2D eigenvalue weighted by atomic mass is 10.1. The minimum absolute atomic E-state index is 0.177. The van der Waals surface area contributed by atoms with Gasteiger partial charge in [0.2, 0.25) is 5.89 Å². The highest BCUT2D eigenvalue weighted by atomic mass is 16.3. The van der Waals surface area contributed by atoms with Crippen LogP contribution in [0.2, 0.25) is 0 Å². The second-order valence-electron chi connectivity index (χ2n) is 7.45. The van der Waals surface area contributed by atoms with Crippen molar-refractivity contribution in [3.8, 4) is 0 Å². The van der Waals surface area contributed by atoms with E-state index in [-0.39, 0.29) is 12.0 Å². The van der Waals surface area contributed by atoms with Gasteiger partial charge in [-0.1, -0.05) is 26.3 Å². The first-order valence-corrected chi connectivity index (χ1v) is 9.98. The number of aliphatic hydroxyl groups excluding tert-OH is 1. The molecule has 2 N–H and O–H groups in total. The number of carbonyl (C=O) groups is 1. The van der Waals surface area contributed by atoms with E-state index >= 15 is 0 Å². The summed E-state index contributed by atoms with van der Waals surface area (Å²) >= 11 is 0. The van der Waals surface area contributed by atoms with Gasteiger partial charge in [-0.2, -0.15) is 0 Å². The number of rotatable bonds is 11. The molecule has 1 aromatic heterocycles. The topological polar surface area (TPSA) is 81.8 Å². The molecule has 7 heteroatoms. The predicted octanol–water partition coefficient (Wildman–Crippen LogP) is 1.90. The van der Waals surface area contributed by atoms with E-state index < -0.39 is 0 Å². The van der Waals surface area contributed by atoms with Crippen LogP contribution < -0.4 is 5.32 Å². The molecule has 1 aliphatic heterocycles. The first-order chi connectivity index (χ1) is 13.0. The summed E-state index contributed by atoms with van der Waals surface area (Å²) < 4.78 is 5.48. The summed E-state index contributed by atoms with van der Waals surface area (Å²) in [7, 11) is 0. The van der Waals surface area contributed by atoms with Crippen molar-refractivity contribution in [3.05, 3.63) is 30.5 Å². The molecular weight excluding hydrogens is 344 g/mol. The van der Waals surface area contributed by atoms with Gasteiger partial charge in [0.05, 0.1) is 12.6 Å². The lowest BCUT2D eigenvalue weighted by molar-refractivity contribution is 0.0642. The number of hydrogen-bond donors (Lipinski definition) is 2. The maximum Gasteiger partial charge on any atom is 0.273 e. The highest BCUT2D eigenvalue weighted by Crippen LogP contribution is 2.11. The van der Waals surface area contributed by atoms with E-state index in [1.807, 2.05) is 6.08 Å². The molecular formula is C20H34N4O3. The molecule has 1 aromatic rings. The van der Waals surface area contributed by atoms with E-state index in [2.05, 4.69) is 40.5 Å². The number of allylic oxidation sites excluding steroid dienone is 1. The van der Waals surface area contributed by atoms with Crippen LogP contribution in [0.1, 0.15) is 49.5 Å². The van der Waals surface area contributed by atoms with Gasteiger partial charge in [-0.25, -0.2) is 4.98 Å². The average molecular weight is 379 g/mol. The smallest absolute Gasteiger partial charge is 0.273 e.